The van der Waals surface area contributed by atoms with Crippen LogP contribution in [0.5, 0.6) is 5.75 Å². The van der Waals surface area contributed by atoms with E-state index in [-0.39, 0.29) is 12.2 Å². The molecule has 1 aromatic heterocycles. The van der Waals surface area contributed by atoms with Crippen molar-refractivity contribution in [3.05, 3.63) is 52.2 Å². The molecule has 6 nitrogen and oxygen atoms in total. The standard InChI is InChI=1S/C19H20O6S/c1-23-15-8-5-4-7-12(15)13(11-14(20)16-9-6-10-26-16)17(18(21)24-2)19(22)25-3/h4-10,13,17H,11H2,1-3H3. The Kier molecular flexibility index (Phi) is 6.91. The molecule has 0 aliphatic heterocycles. The van der Waals surface area contributed by atoms with Gasteiger partial charge in [0.05, 0.1) is 26.2 Å². The summed E-state index contributed by atoms with van der Waals surface area (Å²) in [4.78, 5) is 37.9. The average molecular weight is 376 g/mol. The minimum Gasteiger partial charge on any atom is -0.496 e. The molecule has 0 saturated carbocycles. The van der Waals surface area contributed by atoms with Gasteiger partial charge in [0.2, 0.25) is 0 Å². The topological polar surface area (TPSA) is 78.9 Å². The second-order valence-electron chi connectivity index (χ2n) is 5.48. The fourth-order valence-electron chi connectivity index (χ4n) is 2.80. The lowest BCUT2D eigenvalue weighted by Crippen LogP contribution is -2.33. The molecule has 138 valence electrons. The molecule has 0 radical (unpaired) electrons. The number of esters is 2. The van der Waals surface area contributed by atoms with Crippen LogP contribution in [0.2, 0.25) is 0 Å². The molecule has 2 rings (SSSR count). The first-order chi connectivity index (χ1) is 12.5. The molecule has 1 atom stereocenters. The molecular weight excluding hydrogens is 356 g/mol. The zero-order valence-corrected chi connectivity index (χ0v) is 15.6. The van der Waals surface area contributed by atoms with Crippen LogP contribution in [0.15, 0.2) is 41.8 Å². The molecule has 0 bridgehead atoms. The maximum absolute atomic E-state index is 12.7. The van der Waals surface area contributed by atoms with Crippen LogP contribution in [-0.2, 0) is 19.1 Å². The summed E-state index contributed by atoms with van der Waals surface area (Å²) in [7, 11) is 3.87. The summed E-state index contributed by atoms with van der Waals surface area (Å²) in [6.45, 7) is 0. The maximum Gasteiger partial charge on any atom is 0.320 e. The molecule has 0 saturated heterocycles. The van der Waals surface area contributed by atoms with E-state index in [4.69, 9.17) is 14.2 Å². The molecule has 0 spiro atoms. The summed E-state index contributed by atoms with van der Waals surface area (Å²) in [5.41, 5.74) is 0.570. The Balaban J connectivity index is 2.50. The number of Topliss-reactive ketones (excluding diaryl/α,β-unsaturated/α-hetero) is 1. The second kappa shape index (κ2) is 9.15. The van der Waals surface area contributed by atoms with Gasteiger partial charge >= 0.3 is 11.9 Å². The normalized spacial score (nSPS) is 11.7. The first-order valence-electron chi connectivity index (χ1n) is 7.88. The number of rotatable bonds is 8. The number of ketones is 1. The van der Waals surface area contributed by atoms with Gasteiger partial charge in [-0.3, -0.25) is 14.4 Å². The van der Waals surface area contributed by atoms with Crippen LogP contribution in [0.1, 0.15) is 27.6 Å². The van der Waals surface area contributed by atoms with E-state index in [1.807, 2.05) is 0 Å². The van der Waals surface area contributed by atoms with Gasteiger partial charge in [-0.1, -0.05) is 24.3 Å². The third-order valence-electron chi connectivity index (χ3n) is 4.05. The molecule has 0 N–H and O–H groups in total. The summed E-state index contributed by atoms with van der Waals surface area (Å²) in [6.07, 6.45) is -0.0598. The van der Waals surface area contributed by atoms with Crippen molar-refractivity contribution < 1.29 is 28.6 Å². The lowest BCUT2D eigenvalue weighted by molar-refractivity contribution is -0.159. The van der Waals surface area contributed by atoms with E-state index in [0.717, 1.165) is 0 Å². The molecule has 1 unspecified atom stereocenters. The number of benzene rings is 1. The Hall–Kier alpha value is -2.67. The number of hydrogen-bond acceptors (Lipinski definition) is 7. The molecule has 26 heavy (non-hydrogen) atoms. The predicted octanol–water partition coefficient (Wildman–Crippen LogP) is 3.08. The Morgan fingerprint density at radius 3 is 2.15 bits per heavy atom. The van der Waals surface area contributed by atoms with Crippen LogP contribution >= 0.6 is 11.3 Å². The molecular formula is C19H20O6S. The monoisotopic (exact) mass is 376 g/mol. The summed E-state index contributed by atoms with van der Waals surface area (Å²) in [5, 5.41) is 1.80. The minimum atomic E-state index is -1.27. The maximum atomic E-state index is 12.7. The van der Waals surface area contributed by atoms with Crippen molar-refractivity contribution in [2.75, 3.05) is 21.3 Å². The van der Waals surface area contributed by atoms with Crippen molar-refractivity contribution in [2.24, 2.45) is 5.92 Å². The SMILES string of the molecule is COC(=O)C(C(=O)OC)C(CC(=O)c1cccs1)c1ccccc1OC. The number of para-hydroxylation sites is 1. The molecule has 0 fully saturated rings. The zero-order chi connectivity index (χ0) is 19.1. The first-order valence-corrected chi connectivity index (χ1v) is 8.76. The smallest absolute Gasteiger partial charge is 0.320 e. The van der Waals surface area contributed by atoms with Gasteiger partial charge in [-0.25, -0.2) is 0 Å². The highest BCUT2D eigenvalue weighted by Crippen LogP contribution is 2.37. The molecule has 0 aliphatic rings. The third kappa shape index (κ3) is 4.29. The largest absolute Gasteiger partial charge is 0.496 e. The molecule has 2 aromatic rings. The van der Waals surface area contributed by atoms with Gasteiger partial charge in [-0.2, -0.15) is 0 Å². The number of carbonyl (C=O) groups excluding carboxylic acids is 3. The number of thiophene rings is 1. The Bertz CT molecular complexity index is 752. The van der Waals surface area contributed by atoms with Gasteiger partial charge in [0.1, 0.15) is 5.75 Å². The van der Waals surface area contributed by atoms with Crippen LogP contribution in [0.25, 0.3) is 0 Å². The van der Waals surface area contributed by atoms with Gasteiger partial charge < -0.3 is 14.2 Å². The summed E-state index contributed by atoms with van der Waals surface area (Å²) >= 11 is 1.31. The van der Waals surface area contributed by atoms with Crippen molar-refractivity contribution in [2.45, 2.75) is 12.3 Å². The van der Waals surface area contributed by atoms with Crippen molar-refractivity contribution >= 4 is 29.1 Å². The second-order valence-corrected chi connectivity index (χ2v) is 6.42. The average Bonchev–Trinajstić information content (AvgIpc) is 3.21. The molecule has 0 amide bonds. The number of hydrogen-bond donors (Lipinski definition) is 0. The van der Waals surface area contributed by atoms with Crippen LogP contribution in [0, 0.1) is 5.92 Å². The van der Waals surface area contributed by atoms with Crippen molar-refractivity contribution in [3.63, 3.8) is 0 Å². The Morgan fingerprint density at radius 2 is 1.62 bits per heavy atom. The fraction of sp³-hybridized carbons (Fsp3) is 0.316. The highest BCUT2D eigenvalue weighted by Gasteiger charge is 2.40. The van der Waals surface area contributed by atoms with Crippen molar-refractivity contribution in [1.29, 1.82) is 0 Å². The summed E-state index contributed by atoms with van der Waals surface area (Å²) in [6, 6.07) is 10.4. The summed E-state index contributed by atoms with van der Waals surface area (Å²) < 4.78 is 15.0. The van der Waals surface area contributed by atoms with Crippen LogP contribution in [-0.4, -0.2) is 39.1 Å². The Morgan fingerprint density at radius 1 is 0.962 bits per heavy atom. The lowest BCUT2D eigenvalue weighted by Gasteiger charge is -2.24. The van der Waals surface area contributed by atoms with Gasteiger partial charge in [0.15, 0.2) is 11.7 Å². The zero-order valence-electron chi connectivity index (χ0n) is 14.8. The highest BCUT2D eigenvalue weighted by molar-refractivity contribution is 7.12. The van der Waals surface area contributed by atoms with E-state index in [1.165, 1.54) is 32.7 Å². The van der Waals surface area contributed by atoms with Crippen LogP contribution < -0.4 is 4.74 Å². The molecule has 0 aliphatic carbocycles. The van der Waals surface area contributed by atoms with E-state index in [2.05, 4.69) is 0 Å². The van der Waals surface area contributed by atoms with E-state index in [9.17, 15) is 14.4 Å². The van der Waals surface area contributed by atoms with E-state index < -0.39 is 23.8 Å². The van der Waals surface area contributed by atoms with Gasteiger partial charge in [-0.05, 0) is 23.1 Å². The highest BCUT2D eigenvalue weighted by atomic mass is 32.1. The first kappa shape index (κ1) is 19.7. The van der Waals surface area contributed by atoms with Gasteiger partial charge in [0, 0.05) is 12.3 Å². The van der Waals surface area contributed by atoms with E-state index in [1.54, 1.807) is 41.8 Å². The molecule has 1 heterocycles. The quantitative estimate of drug-likeness (QED) is 0.400. The Labute approximate surface area is 155 Å². The predicted molar refractivity (Wildman–Crippen MR) is 96.5 cm³/mol. The molecule has 1 aromatic carbocycles. The lowest BCUT2D eigenvalue weighted by atomic mass is 9.81. The molecule has 7 heteroatoms. The van der Waals surface area contributed by atoms with Gasteiger partial charge in [0.25, 0.3) is 0 Å². The summed E-state index contributed by atoms with van der Waals surface area (Å²) in [5.74, 6) is -3.26. The van der Waals surface area contributed by atoms with Crippen LogP contribution in [0.3, 0.4) is 0 Å². The number of carbonyl (C=O) groups is 3. The van der Waals surface area contributed by atoms with E-state index in [0.29, 0.717) is 16.2 Å². The van der Waals surface area contributed by atoms with Crippen molar-refractivity contribution in [3.8, 4) is 5.75 Å². The van der Waals surface area contributed by atoms with Crippen molar-refractivity contribution in [1.82, 2.24) is 0 Å². The minimum absolute atomic E-state index is 0.0598. The number of ether oxygens (including phenoxy) is 3. The van der Waals surface area contributed by atoms with Gasteiger partial charge in [-0.15, -0.1) is 11.3 Å². The third-order valence-corrected chi connectivity index (χ3v) is 4.96. The fourth-order valence-corrected chi connectivity index (χ4v) is 3.47. The van der Waals surface area contributed by atoms with Crippen LogP contribution in [0.4, 0.5) is 0 Å². The number of methoxy groups -OCH3 is 3. The van der Waals surface area contributed by atoms with E-state index >= 15 is 0 Å².